The number of hydrogen-bond acceptors (Lipinski definition) is 7. The minimum Gasteiger partial charge on any atom is -0.504 e. The lowest BCUT2D eigenvalue weighted by Crippen LogP contribution is -2.18. The van der Waals surface area contributed by atoms with Crippen LogP contribution in [0, 0.1) is 0 Å². The molecule has 8 nitrogen and oxygen atoms in total. The van der Waals surface area contributed by atoms with Crippen molar-refractivity contribution in [3.8, 4) is 28.7 Å². The molecule has 0 fully saturated rings. The van der Waals surface area contributed by atoms with Crippen molar-refractivity contribution < 1.29 is 28.8 Å². The Kier molecular flexibility index (Phi) is 6.26. The predicted molar refractivity (Wildman–Crippen MR) is 95.8 cm³/mol. The number of ether oxygens (including phenoxy) is 4. The maximum Gasteiger partial charge on any atom is 0.271 e. The summed E-state index contributed by atoms with van der Waals surface area (Å²) in [6.45, 7) is 0. The number of nitrogens with zero attached hydrogens (tertiary/aromatic N) is 1. The summed E-state index contributed by atoms with van der Waals surface area (Å²) in [5.74, 6) is 0.986. The van der Waals surface area contributed by atoms with Gasteiger partial charge in [0, 0.05) is 5.56 Å². The zero-order valence-electron chi connectivity index (χ0n) is 14.9. The van der Waals surface area contributed by atoms with Crippen LogP contribution in [0.4, 0.5) is 0 Å². The molecule has 0 heterocycles. The van der Waals surface area contributed by atoms with E-state index in [1.165, 1.54) is 52.9 Å². The van der Waals surface area contributed by atoms with Crippen molar-refractivity contribution in [1.82, 2.24) is 5.43 Å². The molecule has 8 heteroatoms. The van der Waals surface area contributed by atoms with Gasteiger partial charge in [-0.25, -0.2) is 5.43 Å². The van der Waals surface area contributed by atoms with E-state index in [4.69, 9.17) is 18.9 Å². The molecule has 2 rings (SSSR count). The zero-order valence-corrected chi connectivity index (χ0v) is 14.9. The summed E-state index contributed by atoms with van der Waals surface area (Å²) < 4.78 is 20.6. The van der Waals surface area contributed by atoms with Crippen molar-refractivity contribution in [3.05, 3.63) is 41.5 Å². The van der Waals surface area contributed by atoms with Crippen LogP contribution in [-0.2, 0) is 0 Å². The maximum atomic E-state index is 12.3. The molecule has 26 heavy (non-hydrogen) atoms. The quantitative estimate of drug-likeness (QED) is 0.580. The third kappa shape index (κ3) is 4.15. The Morgan fingerprint density at radius 1 is 0.962 bits per heavy atom. The molecular formula is C18H20N2O6. The van der Waals surface area contributed by atoms with Crippen LogP contribution in [0.1, 0.15) is 15.9 Å². The Bertz CT molecular complexity index is 794. The van der Waals surface area contributed by atoms with Crippen molar-refractivity contribution in [3.63, 3.8) is 0 Å². The van der Waals surface area contributed by atoms with Crippen molar-refractivity contribution >= 4 is 12.1 Å². The minimum absolute atomic E-state index is 0.0209. The number of phenols is 1. The van der Waals surface area contributed by atoms with E-state index in [-0.39, 0.29) is 11.3 Å². The molecule has 2 aromatic carbocycles. The molecule has 0 aliphatic heterocycles. The van der Waals surface area contributed by atoms with Gasteiger partial charge in [0.1, 0.15) is 0 Å². The summed E-state index contributed by atoms with van der Waals surface area (Å²) in [7, 11) is 5.87. The first-order valence-corrected chi connectivity index (χ1v) is 7.54. The lowest BCUT2D eigenvalue weighted by Gasteiger charge is -2.13. The Morgan fingerprint density at radius 3 is 2.08 bits per heavy atom. The molecule has 0 spiro atoms. The number of rotatable bonds is 7. The summed E-state index contributed by atoms with van der Waals surface area (Å²) in [4.78, 5) is 12.3. The highest BCUT2D eigenvalue weighted by atomic mass is 16.5. The molecule has 138 valence electrons. The summed E-state index contributed by atoms with van der Waals surface area (Å²) >= 11 is 0. The van der Waals surface area contributed by atoms with E-state index in [9.17, 15) is 9.90 Å². The van der Waals surface area contributed by atoms with Gasteiger partial charge >= 0.3 is 0 Å². The molecule has 0 aliphatic carbocycles. The summed E-state index contributed by atoms with van der Waals surface area (Å²) in [5, 5.41) is 13.6. The van der Waals surface area contributed by atoms with Crippen LogP contribution < -0.4 is 24.4 Å². The van der Waals surface area contributed by atoms with E-state index in [0.29, 0.717) is 28.6 Å². The average molecular weight is 360 g/mol. The fourth-order valence-electron chi connectivity index (χ4n) is 2.23. The molecule has 0 bridgehead atoms. The van der Waals surface area contributed by atoms with Crippen LogP contribution >= 0.6 is 0 Å². The SMILES string of the molecule is COc1ccc(C=NNC(=O)c2cc(OC)c(OC)c(OC)c2)cc1O. The molecule has 0 aromatic heterocycles. The van der Waals surface area contributed by atoms with Gasteiger partial charge in [0.25, 0.3) is 5.91 Å². The van der Waals surface area contributed by atoms with Gasteiger partial charge in [0.2, 0.25) is 5.75 Å². The Morgan fingerprint density at radius 2 is 1.58 bits per heavy atom. The smallest absolute Gasteiger partial charge is 0.271 e. The molecule has 0 radical (unpaired) electrons. The van der Waals surface area contributed by atoms with E-state index in [2.05, 4.69) is 10.5 Å². The first-order chi connectivity index (χ1) is 12.5. The Hall–Kier alpha value is -3.42. The van der Waals surface area contributed by atoms with Crippen LogP contribution in [0.25, 0.3) is 0 Å². The first-order valence-electron chi connectivity index (χ1n) is 7.54. The number of benzene rings is 2. The van der Waals surface area contributed by atoms with E-state index in [1.807, 2.05) is 0 Å². The fraction of sp³-hybridized carbons (Fsp3) is 0.222. The number of hydrogen-bond donors (Lipinski definition) is 2. The number of nitrogens with one attached hydrogen (secondary N) is 1. The molecule has 0 aliphatic rings. The highest BCUT2D eigenvalue weighted by Gasteiger charge is 2.16. The predicted octanol–water partition coefficient (Wildman–Crippen LogP) is 2.19. The largest absolute Gasteiger partial charge is 0.504 e. The minimum atomic E-state index is -0.460. The van der Waals surface area contributed by atoms with Crippen molar-refractivity contribution in [1.29, 1.82) is 0 Å². The molecule has 0 saturated heterocycles. The molecular weight excluding hydrogens is 340 g/mol. The van der Waals surface area contributed by atoms with Crippen molar-refractivity contribution in [2.75, 3.05) is 28.4 Å². The van der Waals surface area contributed by atoms with Gasteiger partial charge in [0.05, 0.1) is 34.7 Å². The van der Waals surface area contributed by atoms with Crippen LogP contribution in [0.5, 0.6) is 28.7 Å². The van der Waals surface area contributed by atoms with E-state index in [0.717, 1.165) is 0 Å². The fourth-order valence-corrected chi connectivity index (χ4v) is 2.23. The van der Waals surface area contributed by atoms with Gasteiger partial charge in [-0.05, 0) is 35.9 Å². The van der Waals surface area contributed by atoms with Crippen LogP contribution in [0.2, 0.25) is 0 Å². The normalized spacial score (nSPS) is 10.5. The summed E-state index contributed by atoms with van der Waals surface area (Å²) in [5.41, 5.74) is 3.28. The van der Waals surface area contributed by atoms with Gasteiger partial charge in [-0.1, -0.05) is 0 Å². The average Bonchev–Trinajstić information content (AvgIpc) is 2.66. The van der Waals surface area contributed by atoms with Gasteiger partial charge in [-0.15, -0.1) is 0 Å². The number of amides is 1. The van der Waals surface area contributed by atoms with Gasteiger partial charge in [0.15, 0.2) is 23.0 Å². The lowest BCUT2D eigenvalue weighted by molar-refractivity contribution is 0.0954. The molecule has 0 atom stereocenters. The van der Waals surface area contributed by atoms with Crippen molar-refractivity contribution in [2.24, 2.45) is 5.10 Å². The second-order valence-electron chi connectivity index (χ2n) is 5.04. The monoisotopic (exact) mass is 360 g/mol. The topological polar surface area (TPSA) is 98.6 Å². The van der Waals surface area contributed by atoms with Crippen LogP contribution in [-0.4, -0.2) is 45.7 Å². The Balaban J connectivity index is 2.16. The van der Waals surface area contributed by atoms with Crippen LogP contribution in [0.3, 0.4) is 0 Å². The molecule has 0 unspecified atom stereocenters. The molecule has 2 aromatic rings. The van der Waals surface area contributed by atoms with Crippen molar-refractivity contribution in [2.45, 2.75) is 0 Å². The van der Waals surface area contributed by atoms with E-state index >= 15 is 0 Å². The maximum absolute atomic E-state index is 12.3. The lowest BCUT2D eigenvalue weighted by atomic mass is 10.1. The van der Waals surface area contributed by atoms with Crippen LogP contribution in [0.15, 0.2) is 35.4 Å². The zero-order chi connectivity index (χ0) is 19.1. The van der Waals surface area contributed by atoms with Gasteiger partial charge < -0.3 is 24.1 Å². The number of phenolic OH excluding ortho intramolecular Hbond substituents is 1. The molecule has 2 N–H and O–H groups in total. The molecule has 0 saturated carbocycles. The summed E-state index contributed by atoms with van der Waals surface area (Å²) in [6, 6.07) is 7.79. The van der Waals surface area contributed by atoms with Gasteiger partial charge in [-0.2, -0.15) is 5.10 Å². The second-order valence-corrected chi connectivity index (χ2v) is 5.04. The third-order valence-corrected chi connectivity index (χ3v) is 3.51. The second kappa shape index (κ2) is 8.61. The van der Waals surface area contributed by atoms with Gasteiger partial charge in [-0.3, -0.25) is 4.79 Å². The Labute approximate surface area is 151 Å². The number of carbonyl (C=O) groups excluding carboxylic acids is 1. The highest BCUT2D eigenvalue weighted by molar-refractivity contribution is 5.96. The standard InChI is InChI=1S/C18H20N2O6/c1-23-14-6-5-11(7-13(14)21)10-19-20-18(22)12-8-15(24-2)17(26-4)16(9-12)25-3/h5-10,21H,1-4H3,(H,20,22). The highest BCUT2D eigenvalue weighted by Crippen LogP contribution is 2.38. The molecule has 1 amide bonds. The summed E-state index contributed by atoms with van der Waals surface area (Å²) in [6.07, 6.45) is 1.40. The number of carbonyl (C=O) groups is 1. The number of aromatic hydroxyl groups is 1. The van der Waals surface area contributed by atoms with E-state index in [1.54, 1.807) is 12.1 Å². The first kappa shape index (κ1) is 18.9. The number of hydrazone groups is 1. The third-order valence-electron chi connectivity index (χ3n) is 3.51. The van der Waals surface area contributed by atoms with E-state index < -0.39 is 5.91 Å². The number of methoxy groups -OCH3 is 4.